The van der Waals surface area contributed by atoms with Gasteiger partial charge in [0.15, 0.2) is 0 Å². The summed E-state index contributed by atoms with van der Waals surface area (Å²) in [5.41, 5.74) is 9.20. The number of halogens is 2. The lowest BCUT2D eigenvalue weighted by Crippen LogP contribution is -2.15. The minimum Gasteiger partial charge on any atom is -0.399 e. The van der Waals surface area contributed by atoms with Crippen LogP contribution >= 0.6 is 31.9 Å². The summed E-state index contributed by atoms with van der Waals surface area (Å²) < 4.78 is 1.50. The molecule has 104 valence electrons. The first kappa shape index (κ1) is 15.1. The molecule has 2 aromatic rings. The summed E-state index contributed by atoms with van der Waals surface area (Å²) in [6.07, 6.45) is 0.337. The number of anilines is 2. The Morgan fingerprint density at radius 3 is 2.25 bits per heavy atom. The molecule has 0 aromatic heterocycles. The Morgan fingerprint density at radius 1 is 1.15 bits per heavy atom. The van der Waals surface area contributed by atoms with E-state index >= 15 is 0 Å². The van der Waals surface area contributed by atoms with E-state index in [9.17, 15) is 4.79 Å². The van der Waals surface area contributed by atoms with Crippen molar-refractivity contribution in [2.24, 2.45) is 0 Å². The van der Waals surface area contributed by atoms with Crippen molar-refractivity contribution in [3.63, 3.8) is 0 Å². The topological polar surface area (TPSA) is 55.1 Å². The third-order valence-corrected chi connectivity index (χ3v) is 4.06. The highest BCUT2D eigenvalue weighted by atomic mass is 79.9. The summed E-state index contributed by atoms with van der Waals surface area (Å²) in [5.74, 6) is -0.0694. The molecule has 0 saturated carbocycles. The van der Waals surface area contributed by atoms with Gasteiger partial charge in [0.05, 0.1) is 12.1 Å². The predicted molar refractivity (Wildman–Crippen MR) is 89.8 cm³/mol. The summed E-state index contributed by atoms with van der Waals surface area (Å²) >= 11 is 6.79. The van der Waals surface area contributed by atoms with E-state index in [4.69, 9.17) is 5.73 Å². The molecule has 0 atom stereocenters. The van der Waals surface area contributed by atoms with Gasteiger partial charge in [0.25, 0.3) is 0 Å². The summed E-state index contributed by atoms with van der Waals surface area (Å²) in [7, 11) is 0. The number of amides is 1. The maximum atomic E-state index is 12.1. The minimum absolute atomic E-state index is 0.0694. The van der Waals surface area contributed by atoms with Crippen LogP contribution in [0.15, 0.2) is 45.3 Å². The Kier molecular flexibility index (Phi) is 4.83. The number of nitrogens with one attached hydrogen (secondary N) is 1. The number of nitrogens with two attached hydrogens (primary N) is 1. The number of carbonyl (C=O) groups excluding carboxylic acids is 1. The summed E-state index contributed by atoms with van der Waals surface area (Å²) in [6.45, 7) is 2.02. The van der Waals surface area contributed by atoms with Crippen molar-refractivity contribution in [1.29, 1.82) is 0 Å². The smallest absolute Gasteiger partial charge is 0.228 e. The lowest BCUT2D eigenvalue weighted by Gasteiger charge is -2.11. The summed E-state index contributed by atoms with van der Waals surface area (Å²) in [6, 6.07) is 11.4. The van der Waals surface area contributed by atoms with E-state index in [0.29, 0.717) is 17.8 Å². The first-order chi connectivity index (χ1) is 9.45. The standard InChI is InChI=1S/C15H14Br2N2O/c1-9-2-4-10(5-3-9)6-14(20)19-15-12(16)7-11(18)8-13(15)17/h2-5,7-8H,6,18H2,1H3,(H,19,20). The Morgan fingerprint density at radius 2 is 1.70 bits per heavy atom. The van der Waals surface area contributed by atoms with Gasteiger partial charge in [-0.1, -0.05) is 29.8 Å². The zero-order valence-corrected chi connectivity index (χ0v) is 14.1. The van der Waals surface area contributed by atoms with E-state index in [-0.39, 0.29) is 5.91 Å². The van der Waals surface area contributed by atoms with Crippen LogP contribution in [0, 0.1) is 6.92 Å². The van der Waals surface area contributed by atoms with E-state index in [1.807, 2.05) is 31.2 Å². The maximum absolute atomic E-state index is 12.1. The van der Waals surface area contributed by atoms with Gasteiger partial charge >= 0.3 is 0 Å². The Bertz CT molecular complexity index is 616. The number of rotatable bonds is 3. The Hall–Kier alpha value is -1.33. The average molecular weight is 398 g/mol. The van der Waals surface area contributed by atoms with Crippen molar-refractivity contribution in [2.45, 2.75) is 13.3 Å². The third kappa shape index (κ3) is 3.84. The van der Waals surface area contributed by atoms with E-state index in [0.717, 1.165) is 14.5 Å². The molecule has 1 amide bonds. The van der Waals surface area contributed by atoms with Crippen LogP contribution in [0.3, 0.4) is 0 Å². The van der Waals surface area contributed by atoms with Gasteiger partial charge in [-0.2, -0.15) is 0 Å². The van der Waals surface area contributed by atoms with Crippen LogP contribution in [-0.2, 0) is 11.2 Å². The van der Waals surface area contributed by atoms with Crippen LogP contribution in [0.4, 0.5) is 11.4 Å². The highest BCUT2D eigenvalue weighted by molar-refractivity contribution is 9.11. The number of nitrogen functional groups attached to an aromatic ring is 1. The van der Waals surface area contributed by atoms with Crippen LogP contribution in [0.2, 0.25) is 0 Å². The molecule has 0 spiro atoms. The van der Waals surface area contributed by atoms with Crippen molar-refractivity contribution in [1.82, 2.24) is 0 Å². The number of aryl methyl sites for hydroxylation is 1. The molecule has 0 heterocycles. The van der Waals surface area contributed by atoms with Gasteiger partial charge < -0.3 is 11.1 Å². The first-order valence-electron chi connectivity index (χ1n) is 6.05. The molecule has 0 fully saturated rings. The van der Waals surface area contributed by atoms with Gasteiger partial charge in [0.1, 0.15) is 0 Å². The molecular formula is C15H14Br2N2O. The second kappa shape index (κ2) is 6.41. The van der Waals surface area contributed by atoms with Gasteiger partial charge in [0, 0.05) is 14.6 Å². The number of benzene rings is 2. The molecule has 20 heavy (non-hydrogen) atoms. The highest BCUT2D eigenvalue weighted by Crippen LogP contribution is 2.33. The molecule has 0 aliphatic rings. The van der Waals surface area contributed by atoms with Gasteiger partial charge in [0.2, 0.25) is 5.91 Å². The molecule has 0 radical (unpaired) electrons. The molecule has 3 nitrogen and oxygen atoms in total. The summed E-state index contributed by atoms with van der Waals surface area (Å²) in [4.78, 5) is 12.1. The molecule has 3 N–H and O–H groups in total. The lowest BCUT2D eigenvalue weighted by atomic mass is 10.1. The number of carbonyl (C=O) groups is 1. The first-order valence-corrected chi connectivity index (χ1v) is 7.64. The molecule has 2 aromatic carbocycles. The minimum atomic E-state index is -0.0694. The normalized spacial score (nSPS) is 10.3. The van der Waals surface area contributed by atoms with Crippen LogP contribution < -0.4 is 11.1 Å². The van der Waals surface area contributed by atoms with Crippen LogP contribution in [-0.4, -0.2) is 5.91 Å². The fraction of sp³-hybridized carbons (Fsp3) is 0.133. The SMILES string of the molecule is Cc1ccc(CC(=O)Nc2c(Br)cc(N)cc2Br)cc1. The zero-order valence-electron chi connectivity index (χ0n) is 10.9. The van der Waals surface area contributed by atoms with Crippen LogP contribution in [0.25, 0.3) is 0 Å². The second-order valence-electron chi connectivity index (χ2n) is 4.57. The van der Waals surface area contributed by atoms with E-state index < -0.39 is 0 Å². The summed E-state index contributed by atoms with van der Waals surface area (Å²) in [5, 5.41) is 2.88. The van der Waals surface area contributed by atoms with Gasteiger partial charge in [-0.25, -0.2) is 0 Å². The molecular weight excluding hydrogens is 384 g/mol. The average Bonchev–Trinajstić information content (AvgIpc) is 2.36. The molecule has 0 bridgehead atoms. The number of hydrogen-bond acceptors (Lipinski definition) is 2. The van der Waals surface area contributed by atoms with Crippen LogP contribution in [0.1, 0.15) is 11.1 Å². The molecule has 2 rings (SSSR count). The molecule has 0 aliphatic carbocycles. The Balaban J connectivity index is 2.10. The maximum Gasteiger partial charge on any atom is 0.228 e. The van der Waals surface area contributed by atoms with Crippen LogP contribution in [0.5, 0.6) is 0 Å². The predicted octanol–water partition coefficient (Wildman–Crippen LogP) is 4.28. The zero-order chi connectivity index (χ0) is 14.7. The third-order valence-electron chi connectivity index (χ3n) is 2.81. The van der Waals surface area contributed by atoms with E-state index in [2.05, 4.69) is 37.2 Å². The fourth-order valence-corrected chi connectivity index (χ4v) is 3.21. The fourth-order valence-electron chi connectivity index (χ4n) is 1.79. The van der Waals surface area contributed by atoms with Gasteiger partial charge in [-0.05, 0) is 56.5 Å². The highest BCUT2D eigenvalue weighted by Gasteiger charge is 2.10. The van der Waals surface area contributed by atoms with Crippen molar-refractivity contribution in [2.75, 3.05) is 11.1 Å². The molecule has 0 unspecified atom stereocenters. The lowest BCUT2D eigenvalue weighted by molar-refractivity contribution is -0.115. The van der Waals surface area contributed by atoms with E-state index in [1.165, 1.54) is 5.56 Å². The van der Waals surface area contributed by atoms with Gasteiger partial charge in [-0.15, -0.1) is 0 Å². The molecule has 0 aliphatic heterocycles. The quantitative estimate of drug-likeness (QED) is 0.759. The Labute approximate surface area is 134 Å². The van der Waals surface area contributed by atoms with Crippen molar-refractivity contribution in [3.8, 4) is 0 Å². The second-order valence-corrected chi connectivity index (χ2v) is 6.28. The van der Waals surface area contributed by atoms with Crippen molar-refractivity contribution < 1.29 is 4.79 Å². The molecule has 5 heteroatoms. The molecule has 0 saturated heterocycles. The largest absolute Gasteiger partial charge is 0.399 e. The monoisotopic (exact) mass is 396 g/mol. The van der Waals surface area contributed by atoms with Gasteiger partial charge in [-0.3, -0.25) is 4.79 Å². The van der Waals surface area contributed by atoms with Crippen molar-refractivity contribution in [3.05, 3.63) is 56.5 Å². The number of hydrogen-bond donors (Lipinski definition) is 2. The van der Waals surface area contributed by atoms with E-state index in [1.54, 1.807) is 12.1 Å². The van der Waals surface area contributed by atoms with Crippen molar-refractivity contribution >= 4 is 49.1 Å².